The first-order valence-electron chi connectivity index (χ1n) is 7.64. The van der Waals surface area contributed by atoms with Gasteiger partial charge in [0.05, 0.1) is 0 Å². The number of anilines is 1. The molecule has 1 saturated heterocycles. The number of hydrogen-bond donors (Lipinski definition) is 2. The van der Waals surface area contributed by atoms with Crippen molar-refractivity contribution in [2.75, 3.05) is 11.9 Å². The largest absolute Gasteiger partial charge is 0.382 e. The molecule has 19 heavy (non-hydrogen) atoms. The van der Waals surface area contributed by atoms with Crippen molar-refractivity contribution in [1.82, 2.24) is 5.32 Å². The van der Waals surface area contributed by atoms with Gasteiger partial charge in [0.25, 0.3) is 0 Å². The predicted molar refractivity (Wildman–Crippen MR) is 84.0 cm³/mol. The van der Waals surface area contributed by atoms with Crippen LogP contribution in [0.2, 0.25) is 0 Å². The summed E-state index contributed by atoms with van der Waals surface area (Å²) in [6.45, 7) is 10.1. The number of aryl methyl sites for hydroxylation is 3. The summed E-state index contributed by atoms with van der Waals surface area (Å²) >= 11 is 0. The van der Waals surface area contributed by atoms with Crippen LogP contribution in [0.4, 0.5) is 5.69 Å². The van der Waals surface area contributed by atoms with E-state index >= 15 is 0 Å². The van der Waals surface area contributed by atoms with Gasteiger partial charge in [0.15, 0.2) is 0 Å². The highest BCUT2D eigenvalue weighted by molar-refractivity contribution is 5.58. The predicted octanol–water partition coefficient (Wildman–Crippen LogP) is 3.94. The van der Waals surface area contributed by atoms with Crippen LogP contribution in [0.3, 0.4) is 0 Å². The number of piperidine rings is 1. The molecule has 0 radical (unpaired) electrons. The van der Waals surface area contributed by atoms with E-state index in [2.05, 4.69) is 50.5 Å². The maximum absolute atomic E-state index is 3.71. The smallest absolute Gasteiger partial charge is 0.0401 e. The van der Waals surface area contributed by atoms with Crippen molar-refractivity contribution in [3.05, 3.63) is 28.8 Å². The zero-order valence-electron chi connectivity index (χ0n) is 12.8. The quantitative estimate of drug-likeness (QED) is 0.856. The van der Waals surface area contributed by atoms with Crippen molar-refractivity contribution >= 4 is 5.69 Å². The van der Waals surface area contributed by atoms with Gasteiger partial charge in [-0.25, -0.2) is 0 Å². The van der Waals surface area contributed by atoms with Gasteiger partial charge in [-0.3, -0.25) is 0 Å². The molecule has 2 heteroatoms. The van der Waals surface area contributed by atoms with Gasteiger partial charge in [-0.05, 0) is 64.6 Å². The van der Waals surface area contributed by atoms with Crippen molar-refractivity contribution in [1.29, 1.82) is 0 Å². The number of hydrogen-bond acceptors (Lipinski definition) is 2. The summed E-state index contributed by atoms with van der Waals surface area (Å²) in [5, 5.41) is 7.35. The lowest BCUT2D eigenvalue weighted by Gasteiger charge is -2.28. The third-order valence-electron chi connectivity index (χ3n) is 4.12. The molecule has 2 unspecified atom stereocenters. The van der Waals surface area contributed by atoms with Crippen LogP contribution in [-0.4, -0.2) is 18.6 Å². The van der Waals surface area contributed by atoms with Crippen LogP contribution < -0.4 is 10.6 Å². The van der Waals surface area contributed by atoms with E-state index in [9.17, 15) is 0 Å². The Balaban J connectivity index is 1.96. The first kappa shape index (κ1) is 14.4. The lowest BCUT2D eigenvalue weighted by atomic mass is 9.98. The SMILES string of the molecule is Cc1cc(C)c(NC(C)CC2CCCCN2)c(C)c1. The van der Waals surface area contributed by atoms with Crippen LogP contribution in [0.25, 0.3) is 0 Å². The first-order valence-corrected chi connectivity index (χ1v) is 7.64. The Bertz CT molecular complexity index is 396. The second kappa shape index (κ2) is 6.42. The minimum atomic E-state index is 0.524. The lowest BCUT2D eigenvalue weighted by molar-refractivity contribution is 0.371. The minimum Gasteiger partial charge on any atom is -0.382 e. The molecule has 1 aliphatic rings. The molecule has 1 aliphatic heterocycles. The van der Waals surface area contributed by atoms with E-state index in [1.54, 1.807) is 0 Å². The summed E-state index contributed by atoms with van der Waals surface area (Å²) in [5.74, 6) is 0. The Morgan fingerprint density at radius 1 is 1.21 bits per heavy atom. The molecule has 2 atom stereocenters. The summed E-state index contributed by atoms with van der Waals surface area (Å²) in [6, 6.07) is 5.75. The van der Waals surface area contributed by atoms with Crippen LogP contribution in [0.1, 0.15) is 49.3 Å². The third kappa shape index (κ3) is 3.97. The Hall–Kier alpha value is -1.02. The fraction of sp³-hybridized carbons (Fsp3) is 0.647. The van der Waals surface area contributed by atoms with E-state index in [1.807, 2.05) is 0 Å². The molecule has 0 amide bonds. The highest BCUT2D eigenvalue weighted by Gasteiger charge is 2.16. The Labute approximate surface area is 118 Å². The second-order valence-corrected chi connectivity index (χ2v) is 6.20. The molecule has 2 nitrogen and oxygen atoms in total. The molecule has 106 valence electrons. The third-order valence-corrected chi connectivity index (χ3v) is 4.12. The molecule has 0 spiro atoms. The van der Waals surface area contributed by atoms with Gasteiger partial charge in [-0.1, -0.05) is 24.1 Å². The molecule has 1 aromatic rings. The maximum Gasteiger partial charge on any atom is 0.0401 e. The van der Waals surface area contributed by atoms with E-state index in [-0.39, 0.29) is 0 Å². The van der Waals surface area contributed by atoms with E-state index in [0.717, 1.165) is 0 Å². The van der Waals surface area contributed by atoms with E-state index in [1.165, 1.54) is 54.6 Å². The van der Waals surface area contributed by atoms with Crippen LogP contribution in [0.15, 0.2) is 12.1 Å². The van der Waals surface area contributed by atoms with Gasteiger partial charge in [-0.2, -0.15) is 0 Å². The molecule has 1 fully saturated rings. The van der Waals surface area contributed by atoms with E-state index in [4.69, 9.17) is 0 Å². The molecule has 0 aromatic heterocycles. The summed E-state index contributed by atoms with van der Waals surface area (Å²) < 4.78 is 0. The van der Waals surface area contributed by atoms with Gasteiger partial charge in [0.2, 0.25) is 0 Å². The fourth-order valence-corrected chi connectivity index (χ4v) is 3.26. The summed E-state index contributed by atoms with van der Waals surface area (Å²) in [6.07, 6.45) is 5.27. The van der Waals surface area contributed by atoms with Gasteiger partial charge in [0, 0.05) is 17.8 Å². The summed E-state index contributed by atoms with van der Waals surface area (Å²) in [4.78, 5) is 0. The number of nitrogens with one attached hydrogen (secondary N) is 2. The summed E-state index contributed by atoms with van der Waals surface area (Å²) in [7, 11) is 0. The number of benzene rings is 1. The molecule has 0 saturated carbocycles. The normalized spacial score (nSPS) is 21.2. The van der Waals surface area contributed by atoms with Crippen LogP contribution in [-0.2, 0) is 0 Å². The zero-order valence-corrected chi connectivity index (χ0v) is 12.8. The lowest BCUT2D eigenvalue weighted by Crippen LogP contribution is -2.37. The fourth-order valence-electron chi connectivity index (χ4n) is 3.26. The van der Waals surface area contributed by atoms with Crippen LogP contribution in [0, 0.1) is 20.8 Å². The summed E-state index contributed by atoms with van der Waals surface area (Å²) in [5.41, 5.74) is 5.40. The van der Waals surface area contributed by atoms with Crippen molar-refractivity contribution in [3.8, 4) is 0 Å². The zero-order chi connectivity index (χ0) is 13.8. The molecule has 1 aromatic carbocycles. The molecule has 2 rings (SSSR count). The molecular weight excluding hydrogens is 232 g/mol. The molecular formula is C17H28N2. The van der Waals surface area contributed by atoms with Crippen molar-refractivity contribution in [3.63, 3.8) is 0 Å². The average molecular weight is 260 g/mol. The first-order chi connectivity index (χ1) is 9.06. The highest BCUT2D eigenvalue weighted by Crippen LogP contribution is 2.24. The topological polar surface area (TPSA) is 24.1 Å². The minimum absolute atomic E-state index is 0.524. The van der Waals surface area contributed by atoms with E-state index < -0.39 is 0 Å². The van der Waals surface area contributed by atoms with E-state index in [0.29, 0.717) is 12.1 Å². The molecule has 0 aliphatic carbocycles. The van der Waals surface area contributed by atoms with Crippen molar-refractivity contribution in [2.45, 2.75) is 65.5 Å². The average Bonchev–Trinajstić information content (AvgIpc) is 2.35. The molecule has 1 heterocycles. The Morgan fingerprint density at radius 3 is 2.47 bits per heavy atom. The standard InChI is InChI=1S/C17H28N2/c1-12-9-13(2)17(14(3)10-12)19-15(4)11-16-7-5-6-8-18-16/h9-10,15-16,18-19H,5-8,11H2,1-4H3. The maximum atomic E-state index is 3.71. The number of rotatable bonds is 4. The Morgan fingerprint density at radius 2 is 1.89 bits per heavy atom. The second-order valence-electron chi connectivity index (χ2n) is 6.20. The monoisotopic (exact) mass is 260 g/mol. The molecule has 2 N–H and O–H groups in total. The van der Waals surface area contributed by atoms with Gasteiger partial charge in [-0.15, -0.1) is 0 Å². The van der Waals surface area contributed by atoms with Gasteiger partial charge < -0.3 is 10.6 Å². The van der Waals surface area contributed by atoms with Gasteiger partial charge >= 0.3 is 0 Å². The Kier molecular flexibility index (Phi) is 4.87. The molecule has 0 bridgehead atoms. The highest BCUT2D eigenvalue weighted by atomic mass is 15.0. The van der Waals surface area contributed by atoms with Crippen molar-refractivity contribution < 1.29 is 0 Å². The van der Waals surface area contributed by atoms with Crippen molar-refractivity contribution in [2.24, 2.45) is 0 Å². The van der Waals surface area contributed by atoms with Crippen LogP contribution >= 0.6 is 0 Å². The van der Waals surface area contributed by atoms with Crippen LogP contribution in [0.5, 0.6) is 0 Å². The van der Waals surface area contributed by atoms with Gasteiger partial charge in [0.1, 0.15) is 0 Å².